The SMILES string of the molecule is CCOC(=O)[C@H]1CC[C@@H](c2ccc(F)c(Cl)c2)N1. The van der Waals surface area contributed by atoms with Crippen molar-refractivity contribution in [2.75, 3.05) is 6.61 Å². The summed E-state index contributed by atoms with van der Waals surface area (Å²) in [7, 11) is 0. The van der Waals surface area contributed by atoms with E-state index in [4.69, 9.17) is 16.3 Å². The van der Waals surface area contributed by atoms with E-state index in [1.54, 1.807) is 19.1 Å². The fraction of sp³-hybridized carbons (Fsp3) is 0.462. The highest BCUT2D eigenvalue weighted by molar-refractivity contribution is 6.30. The third kappa shape index (κ3) is 2.82. The average molecular weight is 272 g/mol. The van der Waals surface area contributed by atoms with Crippen molar-refractivity contribution in [2.45, 2.75) is 31.8 Å². The van der Waals surface area contributed by atoms with Crippen molar-refractivity contribution in [3.05, 3.63) is 34.6 Å². The monoisotopic (exact) mass is 271 g/mol. The Balaban J connectivity index is 2.04. The Hall–Kier alpha value is -1.13. The molecule has 1 aliphatic rings. The molecule has 2 rings (SSSR count). The third-order valence-corrected chi connectivity index (χ3v) is 3.35. The van der Waals surface area contributed by atoms with Gasteiger partial charge in [-0.15, -0.1) is 0 Å². The first-order valence-corrected chi connectivity index (χ1v) is 6.37. The number of carbonyl (C=O) groups excluding carboxylic acids is 1. The van der Waals surface area contributed by atoms with Crippen molar-refractivity contribution in [3.8, 4) is 0 Å². The minimum absolute atomic E-state index is 0.0255. The van der Waals surface area contributed by atoms with E-state index in [1.165, 1.54) is 6.07 Å². The molecular weight excluding hydrogens is 257 g/mol. The minimum Gasteiger partial charge on any atom is -0.465 e. The lowest BCUT2D eigenvalue weighted by Gasteiger charge is -2.14. The van der Waals surface area contributed by atoms with Crippen molar-refractivity contribution in [1.29, 1.82) is 0 Å². The summed E-state index contributed by atoms with van der Waals surface area (Å²) in [5.41, 5.74) is 0.896. The van der Waals surface area contributed by atoms with Gasteiger partial charge < -0.3 is 4.74 Å². The molecule has 1 heterocycles. The molecule has 0 spiro atoms. The molecule has 0 unspecified atom stereocenters. The van der Waals surface area contributed by atoms with Gasteiger partial charge in [0.25, 0.3) is 0 Å². The number of ether oxygens (including phenoxy) is 1. The van der Waals surface area contributed by atoms with Crippen LogP contribution in [0.15, 0.2) is 18.2 Å². The molecule has 0 amide bonds. The molecule has 1 N–H and O–H groups in total. The van der Waals surface area contributed by atoms with E-state index in [-0.39, 0.29) is 23.1 Å². The van der Waals surface area contributed by atoms with Gasteiger partial charge in [-0.2, -0.15) is 0 Å². The van der Waals surface area contributed by atoms with Gasteiger partial charge in [-0.3, -0.25) is 10.1 Å². The zero-order valence-corrected chi connectivity index (χ0v) is 10.8. The first-order valence-electron chi connectivity index (χ1n) is 5.99. The summed E-state index contributed by atoms with van der Waals surface area (Å²) >= 11 is 5.75. The highest BCUT2D eigenvalue weighted by Crippen LogP contribution is 2.29. The van der Waals surface area contributed by atoms with Crippen LogP contribution in [0.1, 0.15) is 31.4 Å². The molecule has 0 aromatic heterocycles. The van der Waals surface area contributed by atoms with E-state index in [1.807, 2.05) is 0 Å². The molecule has 0 aliphatic carbocycles. The summed E-state index contributed by atoms with van der Waals surface area (Å²) < 4.78 is 18.0. The van der Waals surface area contributed by atoms with Gasteiger partial charge in [0.1, 0.15) is 11.9 Å². The number of rotatable bonds is 3. The van der Waals surface area contributed by atoms with Crippen molar-refractivity contribution in [1.82, 2.24) is 5.32 Å². The van der Waals surface area contributed by atoms with Crippen molar-refractivity contribution in [3.63, 3.8) is 0 Å². The topological polar surface area (TPSA) is 38.3 Å². The summed E-state index contributed by atoms with van der Waals surface area (Å²) in [4.78, 5) is 11.6. The van der Waals surface area contributed by atoms with E-state index in [2.05, 4.69) is 5.32 Å². The molecule has 1 fully saturated rings. The second-order valence-corrected chi connectivity index (χ2v) is 4.68. The zero-order chi connectivity index (χ0) is 13.1. The molecule has 0 bridgehead atoms. The Labute approximate surface area is 110 Å². The number of benzene rings is 1. The number of hydrogen-bond donors (Lipinski definition) is 1. The number of hydrogen-bond acceptors (Lipinski definition) is 3. The molecule has 0 radical (unpaired) electrons. The quantitative estimate of drug-likeness (QED) is 0.859. The van der Waals surface area contributed by atoms with Crippen molar-refractivity contribution < 1.29 is 13.9 Å². The Morgan fingerprint density at radius 3 is 3.00 bits per heavy atom. The Morgan fingerprint density at radius 2 is 2.33 bits per heavy atom. The van der Waals surface area contributed by atoms with Gasteiger partial charge in [0.05, 0.1) is 11.6 Å². The van der Waals surface area contributed by atoms with Gasteiger partial charge in [0.2, 0.25) is 0 Å². The second kappa shape index (κ2) is 5.67. The van der Waals surface area contributed by atoms with Gasteiger partial charge in [-0.25, -0.2) is 4.39 Å². The van der Waals surface area contributed by atoms with Gasteiger partial charge in [0, 0.05) is 6.04 Å². The molecule has 1 saturated heterocycles. The molecule has 5 heteroatoms. The third-order valence-electron chi connectivity index (χ3n) is 3.06. The first kappa shape index (κ1) is 13.3. The summed E-state index contributed by atoms with van der Waals surface area (Å²) in [6.45, 7) is 2.16. The van der Waals surface area contributed by atoms with Crippen LogP contribution in [0.25, 0.3) is 0 Å². The maximum Gasteiger partial charge on any atom is 0.323 e. The highest BCUT2D eigenvalue weighted by Gasteiger charge is 2.30. The smallest absolute Gasteiger partial charge is 0.323 e. The maximum atomic E-state index is 13.1. The van der Waals surface area contributed by atoms with Crippen molar-refractivity contribution >= 4 is 17.6 Å². The van der Waals surface area contributed by atoms with Crippen LogP contribution in [-0.4, -0.2) is 18.6 Å². The van der Waals surface area contributed by atoms with Crippen LogP contribution in [0.4, 0.5) is 4.39 Å². The Kier molecular flexibility index (Phi) is 4.19. The van der Waals surface area contributed by atoms with Gasteiger partial charge >= 0.3 is 5.97 Å². The van der Waals surface area contributed by atoms with Crippen LogP contribution in [0, 0.1) is 5.82 Å². The van der Waals surface area contributed by atoms with E-state index < -0.39 is 5.82 Å². The molecule has 0 saturated carbocycles. The molecule has 3 nitrogen and oxygen atoms in total. The summed E-state index contributed by atoms with van der Waals surface area (Å²) in [5, 5.41) is 3.29. The summed E-state index contributed by atoms with van der Waals surface area (Å²) in [6, 6.07) is 4.38. The summed E-state index contributed by atoms with van der Waals surface area (Å²) in [5.74, 6) is -0.659. The van der Waals surface area contributed by atoms with E-state index in [9.17, 15) is 9.18 Å². The molecule has 98 valence electrons. The zero-order valence-electron chi connectivity index (χ0n) is 10.1. The van der Waals surface area contributed by atoms with Crippen LogP contribution in [0.5, 0.6) is 0 Å². The van der Waals surface area contributed by atoms with Crippen LogP contribution >= 0.6 is 11.6 Å². The molecule has 1 aromatic rings. The lowest BCUT2D eigenvalue weighted by atomic mass is 10.1. The second-order valence-electron chi connectivity index (χ2n) is 4.27. The minimum atomic E-state index is -0.430. The van der Waals surface area contributed by atoms with Crippen molar-refractivity contribution in [2.24, 2.45) is 0 Å². The molecule has 1 aliphatic heterocycles. The average Bonchev–Trinajstić information content (AvgIpc) is 2.82. The number of nitrogens with one attached hydrogen (secondary N) is 1. The maximum absolute atomic E-state index is 13.1. The molecule has 1 aromatic carbocycles. The van der Waals surface area contributed by atoms with Crippen LogP contribution in [0.2, 0.25) is 5.02 Å². The first-order chi connectivity index (χ1) is 8.61. The predicted molar refractivity (Wildman–Crippen MR) is 66.9 cm³/mol. The number of halogens is 2. The molecule has 18 heavy (non-hydrogen) atoms. The van der Waals surface area contributed by atoms with Gasteiger partial charge in [-0.05, 0) is 37.5 Å². The largest absolute Gasteiger partial charge is 0.465 e. The standard InChI is InChI=1S/C13H15ClFNO2/c1-2-18-13(17)12-6-5-11(16-12)8-3-4-10(15)9(14)7-8/h3-4,7,11-12,16H,2,5-6H2,1H3/t11-,12+/m0/s1. The summed E-state index contributed by atoms with van der Waals surface area (Å²) in [6.07, 6.45) is 1.53. The van der Waals surface area contributed by atoms with Gasteiger partial charge in [0.15, 0.2) is 0 Å². The Morgan fingerprint density at radius 1 is 1.56 bits per heavy atom. The van der Waals surface area contributed by atoms with E-state index in [0.29, 0.717) is 6.61 Å². The number of carbonyl (C=O) groups is 1. The molecular formula is C13H15ClFNO2. The van der Waals surface area contributed by atoms with E-state index >= 15 is 0 Å². The number of esters is 1. The van der Waals surface area contributed by atoms with Crippen LogP contribution < -0.4 is 5.32 Å². The van der Waals surface area contributed by atoms with Crippen LogP contribution in [-0.2, 0) is 9.53 Å². The highest BCUT2D eigenvalue weighted by atomic mass is 35.5. The lowest BCUT2D eigenvalue weighted by Crippen LogP contribution is -2.33. The predicted octanol–water partition coefficient (Wildman–Crippen LogP) is 2.84. The lowest BCUT2D eigenvalue weighted by molar-refractivity contribution is -0.145. The fourth-order valence-corrected chi connectivity index (χ4v) is 2.35. The van der Waals surface area contributed by atoms with Gasteiger partial charge in [-0.1, -0.05) is 17.7 Å². The molecule has 2 atom stereocenters. The van der Waals surface area contributed by atoms with Crippen LogP contribution in [0.3, 0.4) is 0 Å². The van der Waals surface area contributed by atoms with E-state index in [0.717, 1.165) is 18.4 Å². The normalized spacial score (nSPS) is 23.1. The fourth-order valence-electron chi connectivity index (χ4n) is 2.16. The Bertz CT molecular complexity index is 453.